The lowest BCUT2D eigenvalue weighted by molar-refractivity contribution is 0.254. The third-order valence-electron chi connectivity index (χ3n) is 5.04. The van der Waals surface area contributed by atoms with Gasteiger partial charge in [0.2, 0.25) is 0 Å². The number of halogens is 1. The maximum Gasteiger partial charge on any atom is 0.178 e. The predicted octanol–water partition coefficient (Wildman–Crippen LogP) is 3.76. The number of aromatic amines is 1. The number of aromatic nitrogens is 2. The summed E-state index contributed by atoms with van der Waals surface area (Å²) in [5.74, 6) is 0.640. The summed E-state index contributed by atoms with van der Waals surface area (Å²) in [4.78, 5) is 2.76. The fourth-order valence-electron chi connectivity index (χ4n) is 3.46. The minimum atomic E-state index is -3.21. The highest BCUT2D eigenvalue weighted by Gasteiger charge is 2.23. The molecule has 1 fully saturated rings. The molecule has 1 saturated heterocycles. The Labute approximate surface area is 156 Å². The summed E-state index contributed by atoms with van der Waals surface area (Å²) >= 11 is 0. The highest BCUT2D eigenvalue weighted by Crippen LogP contribution is 2.32. The van der Waals surface area contributed by atoms with Crippen LogP contribution in [0.25, 0.3) is 10.9 Å². The highest BCUT2D eigenvalue weighted by atomic mass is 35.5. The van der Waals surface area contributed by atoms with Crippen LogP contribution in [0.15, 0.2) is 23.1 Å². The molecular weight excluding hydrogens is 358 g/mol. The molecule has 2 aromatic rings. The molecule has 5 nitrogen and oxygen atoms in total. The lowest BCUT2D eigenvalue weighted by atomic mass is 9.92. The molecule has 1 aromatic heterocycles. The number of likely N-dealkylation sites (tertiary alicyclic amines) is 1. The van der Waals surface area contributed by atoms with Gasteiger partial charge in [0, 0.05) is 11.3 Å². The molecule has 0 radical (unpaired) electrons. The van der Waals surface area contributed by atoms with Gasteiger partial charge in [0.25, 0.3) is 0 Å². The highest BCUT2D eigenvalue weighted by molar-refractivity contribution is 7.91. The van der Waals surface area contributed by atoms with Crippen molar-refractivity contribution in [2.24, 2.45) is 0 Å². The van der Waals surface area contributed by atoms with E-state index in [4.69, 9.17) is 0 Å². The summed E-state index contributed by atoms with van der Waals surface area (Å²) in [6.45, 7) is 4.21. The van der Waals surface area contributed by atoms with E-state index in [0.717, 1.165) is 61.8 Å². The number of nitrogens with one attached hydrogen (secondary N) is 1. The minimum absolute atomic E-state index is 0. The summed E-state index contributed by atoms with van der Waals surface area (Å²) < 4.78 is 25.1. The summed E-state index contributed by atoms with van der Waals surface area (Å²) in [6, 6.07) is 5.39. The van der Waals surface area contributed by atoms with Crippen molar-refractivity contribution in [2.45, 2.75) is 49.8 Å². The number of hydrogen-bond acceptors (Lipinski definition) is 4. The molecule has 3 rings (SSSR count). The van der Waals surface area contributed by atoms with Gasteiger partial charge in [-0.2, -0.15) is 5.10 Å². The zero-order valence-electron chi connectivity index (χ0n) is 15.0. The first kappa shape index (κ1) is 20.2. The number of hydrogen-bond donors (Lipinski definition) is 1. The van der Waals surface area contributed by atoms with Crippen LogP contribution in [-0.2, 0) is 9.84 Å². The summed E-state index contributed by atoms with van der Waals surface area (Å²) in [5, 5.41) is 8.55. The van der Waals surface area contributed by atoms with Crippen LogP contribution in [-0.4, -0.2) is 49.4 Å². The van der Waals surface area contributed by atoms with E-state index in [0.29, 0.717) is 10.8 Å². The largest absolute Gasteiger partial charge is 0.306 e. The maximum atomic E-state index is 12.6. The Balaban J connectivity index is 0.00000225. The number of rotatable bonds is 6. The molecule has 25 heavy (non-hydrogen) atoms. The average Bonchev–Trinajstić information content (AvgIpc) is 2.99. The van der Waals surface area contributed by atoms with Crippen LogP contribution >= 0.6 is 12.4 Å². The standard InChI is InChI=1S/C18H27N3O2S.ClH/c1-3-4-5-12-24(22,23)15-6-7-17-16(13-15)18(20-19-17)14-8-10-21(2)11-9-14;/h6-7,13-14H,3-5,8-12H2,1-2H3,(H,19,20);1H. The normalized spacial score (nSPS) is 16.9. The fraction of sp³-hybridized carbons (Fsp3) is 0.611. The summed E-state index contributed by atoms with van der Waals surface area (Å²) in [6.07, 6.45) is 4.85. The van der Waals surface area contributed by atoms with Crippen LogP contribution in [0.5, 0.6) is 0 Å². The lowest BCUT2D eigenvalue weighted by Gasteiger charge is -2.28. The number of unbranched alkanes of at least 4 members (excludes halogenated alkanes) is 2. The van der Waals surface area contributed by atoms with Crippen LogP contribution in [0.4, 0.5) is 0 Å². The molecule has 0 unspecified atom stereocenters. The van der Waals surface area contributed by atoms with Crippen molar-refractivity contribution in [3.05, 3.63) is 23.9 Å². The number of fused-ring (bicyclic) bond motifs is 1. The Bertz CT molecular complexity index is 796. The number of nitrogens with zero attached hydrogens (tertiary/aromatic N) is 2. The smallest absolute Gasteiger partial charge is 0.178 e. The monoisotopic (exact) mass is 385 g/mol. The molecule has 1 aliphatic rings. The molecule has 2 heterocycles. The second-order valence-electron chi connectivity index (χ2n) is 6.92. The molecule has 1 aromatic carbocycles. The Kier molecular flexibility index (Phi) is 6.88. The Morgan fingerprint density at radius 1 is 1.24 bits per heavy atom. The molecule has 7 heteroatoms. The van der Waals surface area contributed by atoms with E-state index in [1.54, 1.807) is 6.07 Å². The van der Waals surface area contributed by atoms with E-state index in [1.165, 1.54) is 0 Å². The van der Waals surface area contributed by atoms with Gasteiger partial charge in [-0.3, -0.25) is 5.10 Å². The van der Waals surface area contributed by atoms with Crippen LogP contribution < -0.4 is 0 Å². The summed E-state index contributed by atoms with van der Waals surface area (Å²) in [5.41, 5.74) is 1.96. The van der Waals surface area contributed by atoms with Crippen molar-refractivity contribution in [2.75, 3.05) is 25.9 Å². The predicted molar refractivity (Wildman–Crippen MR) is 104 cm³/mol. The molecule has 1 N–H and O–H groups in total. The van der Waals surface area contributed by atoms with Gasteiger partial charge < -0.3 is 4.90 Å². The van der Waals surface area contributed by atoms with Crippen molar-refractivity contribution in [1.82, 2.24) is 15.1 Å². The minimum Gasteiger partial charge on any atom is -0.306 e. The first-order valence-corrected chi connectivity index (χ1v) is 10.6. The molecule has 0 bridgehead atoms. The third kappa shape index (κ3) is 4.54. The van der Waals surface area contributed by atoms with Gasteiger partial charge in [-0.1, -0.05) is 19.8 Å². The van der Waals surface area contributed by atoms with Gasteiger partial charge in [-0.15, -0.1) is 12.4 Å². The molecule has 0 atom stereocenters. The number of benzene rings is 1. The first-order valence-electron chi connectivity index (χ1n) is 8.90. The number of piperidine rings is 1. The Morgan fingerprint density at radius 2 is 1.96 bits per heavy atom. The molecule has 1 aliphatic heterocycles. The third-order valence-corrected chi connectivity index (χ3v) is 6.84. The van der Waals surface area contributed by atoms with Crippen LogP contribution in [0.3, 0.4) is 0 Å². The van der Waals surface area contributed by atoms with E-state index < -0.39 is 9.84 Å². The molecule has 0 saturated carbocycles. The van der Waals surface area contributed by atoms with Gasteiger partial charge in [0.1, 0.15) is 0 Å². The fourth-order valence-corrected chi connectivity index (χ4v) is 4.85. The molecule has 0 amide bonds. The number of H-pyrrole nitrogens is 1. The van der Waals surface area contributed by atoms with E-state index >= 15 is 0 Å². The SMILES string of the molecule is CCCCCS(=O)(=O)c1ccc2[nH]nc(C3CCN(C)CC3)c2c1.Cl. The van der Waals surface area contributed by atoms with Crippen molar-refractivity contribution in [3.8, 4) is 0 Å². The van der Waals surface area contributed by atoms with Crippen molar-refractivity contribution < 1.29 is 8.42 Å². The quantitative estimate of drug-likeness (QED) is 0.769. The van der Waals surface area contributed by atoms with E-state index in [1.807, 2.05) is 12.1 Å². The molecule has 0 spiro atoms. The van der Waals surface area contributed by atoms with Crippen molar-refractivity contribution in [3.63, 3.8) is 0 Å². The Morgan fingerprint density at radius 3 is 2.64 bits per heavy atom. The topological polar surface area (TPSA) is 66.1 Å². The average molecular weight is 386 g/mol. The second-order valence-corrected chi connectivity index (χ2v) is 9.03. The van der Waals surface area contributed by atoms with Crippen molar-refractivity contribution >= 4 is 33.1 Å². The lowest BCUT2D eigenvalue weighted by Crippen LogP contribution is -2.29. The second kappa shape index (κ2) is 8.52. The van der Waals surface area contributed by atoms with E-state index in [9.17, 15) is 8.42 Å². The van der Waals surface area contributed by atoms with Gasteiger partial charge in [-0.05, 0) is 57.6 Å². The first-order chi connectivity index (χ1) is 11.5. The number of sulfone groups is 1. The zero-order valence-corrected chi connectivity index (χ0v) is 16.6. The molecule has 0 aliphatic carbocycles. The van der Waals surface area contributed by atoms with Gasteiger partial charge >= 0.3 is 0 Å². The molecule has 140 valence electrons. The van der Waals surface area contributed by atoms with Crippen LogP contribution in [0, 0.1) is 0 Å². The summed E-state index contributed by atoms with van der Waals surface area (Å²) in [7, 11) is -1.07. The van der Waals surface area contributed by atoms with Gasteiger partial charge in [0.15, 0.2) is 9.84 Å². The Hall–Kier alpha value is -1.11. The maximum absolute atomic E-state index is 12.6. The van der Waals surface area contributed by atoms with Crippen LogP contribution in [0.1, 0.15) is 50.6 Å². The van der Waals surface area contributed by atoms with Gasteiger partial charge in [0.05, 0.1) is 21.9 Å². The molecular formula is C18H28ClN3O2S. The van der Waals surface area contributed by atoms with Crippen molar-refractivity contribution in [1.29, 1.82) is 0 Å². The van der Waals surface area contributed by atoms with E-state index in [-0.39, 0.29) is 18.2 Å². The van der Waals surface area contributed by atoms with E-state index in [2.05, 4.69) is 29.1 Å². The van der Waals surface area contributed by atoms with Crippen LogP contribution in [0.2, 0.25) is 0 Å². The zero-order chi connectivity index (χ0) is 17.2. The van der Waals surface area contributed by atoms with Gasteiger partial charge in [-0.25, -0.2) is 8.42 Å².